The van der Waals surface area contributed by atoms with E-state index in [9.17, 15) is 9.59 Å². The maximum atomic E-state index is 11.9. The molecule has 6 nitrogen and oxygen atoms in total. The summed E-state index contributed by atoms with van der Waals surface area (Å²) in [5, 5.41) is 11.3. The van der Waals surface area contributed by atoms with Gasteiger partial charge in [0.25, 0.3) is 0 Å². The molecule has 112 valence electrons. The van der Waals surface area contributed by atoms with Gasteiger partial charge < -0.3 is 15.4 Å². The molecular weight excluding hydrogens is 298 g/mol. The Morgan fingerprint density at radius 2 is 2.30 bits per heavy atom. The van der Waals surface area contributed by atoms with Crippen LogP contribution in [0.4, 0.5) is 0 Å². The highest BCUT2D eigenvalue weighted by Gasteiger charge is 2.25. The van der Waals surface area contributed by atoms with Crippen molar-refractivity contribution in [2.45, 2.75) is 36.8 Å². The molecule has 3 N–H and O–H groups in total. The second kappa shape index (κ2) is 7.58. The van der Waals surface area contributed by atoms with Gasteiger partial charge in [-0.15, -0.1) is 11.8 Å². The van der Waals surface area contributed by atoms with Crippen molar-refractivity contribution in [3.05, 3.63) is 18.2 Å². The maximum Gasteiger partial charge on any atom is 0.327 e. The molecule has 20 heavy (non-hydrogen) atoms. The lowest BCUT2D eigenvalue weighted by molar-refractivity contribution is -0.141. The fourth-order valence-electron chi connectivity index (χ4n) is 1.51. The van der Waals surface area contributed by atoms with E-state index in [-0.39, 0.29) is 22.8 Å². The molecule has 1 heterocycles. The number of carbonyl (C=O) groups is 2. The van der Waals surface area contributed by atoms with Crippen molar-refractivity contribution in [2.75, 3.05) is 5.75 Å². The molecule has 0 aliphatic carbocycles. The first-order valence-corrected chi connectivity index (χ1v) is 7.70. The Labute approximate surface area is 127 Å². The van der Waals surface area contributed by atoms with Crippen molar-refractivity contribution in [3.63, 3.8) is 0 Å². The summed E-state index contributed by atoms with van der Waals surface area (Å²) in [5.74, 6) is -0.567. The van der Waals surface area contributed by atoms with Crippen LogP contribution in [0.25, 0.3) is 0 Å². The second-order valence-electron chi connectivity index (χ2n) is 4.94. The first-order chi connectivity index (χ1) is 9.34. The molecule has 1 rings (SSSR count). The third-order valence-electron chi connectivity index (χ3n) is 2.58. The lowest BCUT2D eigenvalue weighted by atomic mass is 10.1. The number of hydrogen-bond acceptors (Lipinski definition) is 5. The fraction of sp³-hybridized carbons (Fsp3) is 0.583. The smallest absolute Gasteiger partial charge is 0.327 e. The standard InChI is InChI=1S/C12H19N3O3S2/c1-12(2,20-6-8-4-13-7-14-8)3-10(16)15-9(5-19)11(17)18/h4,7,9,19H,3,5-6H2,1-2H3,(H,13,14)(H,15,16)(H,17,18)/t9-/m0/s1. The summed E-state index contributed by atoms with van der Waals surface area (Å²) in [7, 11) is 0. The number of hydrogen-bond donors (Lipinski definition) is 4. The van der Waals surface area contributed by atoms with Gasteiger partial charge in [0.1, 0.15) is 6.04 Å². The summed E-state index contributed by atoms with van der Waals surface area (Å²) < 4.78 is -0.297. The van der Waals surface area contributed by atoms with Crippen molar-refractivity contribution in [3.8, 4) is 0 Å². The number of aromatic nitrogens is 2. The number of rotatable bonds is 8. The van der Waals surface area contributed by atoms with Crippen LogP contribution in [0.3, 0.4) is 0 Å². The summed E-state index contributed by atoms with van der Waals surface area (Å²) in [6, 6.07) is -0.945. The highest BCUT2D eigenvalue weighted by Crippen LogP contribution is 2.30. The van der Waals surface area contributed by atoms with Crippen LogP contribution in [0, 0.1) is 0 Å². The van der Waals surface area contributed by atoms with Crippen LogP contribution in [0.15, 0.2) is 12.5 Å². The van der Waals surface area contributed by atoms with Crippen LogP contribution >= 0.6 is 24.4 Å². The molecule has 0 aliphatic rings. The van der Waals surface area contributed by atoms with E-state index in [2.05, 4.69) is 27.9 Å². The second-order valence-corrected chi connectivity index (χ2v) is 6.99. The zero-order valence-electron chi connectivity index (χ0n) is 11.4. The maximum absolute atomic E-state index is 11.9. The summed E-state index contributed by atoms with van der Waals surface area (Å²) in [6.45, 7) is 3.90. The Balaban J connectivity index is 2.44. The molecule has 0 aromatic carbocycles. The van der Waals surface area contributed by atoms with Crippen LogP contribution in [0.1, 0.15) is 26.0 Å². The molecule has 0 spiro atoms. The third-order valence-corrected chi connectivity index (χ3v) is 4.32. The zero-order chi connectivity index (χ0) is 15.2. The van der Waals surface area contributed by atoms with E-state index in [4.69, 9.17) is 5.11 Å². The van der Waals surface area contributed by atoms with Gasteiger partial charge in [-0.1, -0.05) is 13.8 Å². The van der Waals surface area contributed by atoms with Gasteiger partial charge in [0, 0.05) is 34.6 Å². The summed E-state index contributed by atoms with van der Waals surface area (Å²) >= 11 is 5.52. The number of aromatic amines is 1. The van der Waals surface area contributed by atoms with E-state index in [0.717, 1.165) is 11.4 Å². The normalized spacial score (nSPS) is 12.9. The molecule has 0 unspecified atom stereocenters. The summed E-state index contributed by atoms with van der Waals surface area (Å²) in [6.07, 6.45) is 3.59. The average molecular weight is 317 g/mol. The lowest BCUT2D eigenvalue weighted by Gasteiger charge is -2.24. The van der Waals surface area contributed by atoms with Crippen molar-refractivity contribution in [1.29, 1.82) is 0 Å². The Morgan fingerprint density at radius 3 is 2.80 bits per heavy atom. The number of nitrogens with zero attached hydrogens (tertiary/aromatic N) is 1. The van der Waals surface area contributed by atoms with Gasteiger partial charge >= 0.3 is 5.97 Å². The third kappa shape index (κ3) is 5.87. The largest absolute Gasteiger partial charge is 0.480 e. The van der Waals surface area contributed by atoms with Crippen molar-refractivity contribution in [2.24, 2.45) is 0 Å². The molecule has 8 heteroatoms. The minimum Gasteiger partial charge on any atom is -0.480 e. The Kier molecular flexibility index (Phi) is 6.41. The van der Waals surface area contributed by atoms with Crippen LogP contribution < -0.4 is 5.32 Å². The minimum absolute atomic E-state index is 0.0722. The van der Waals surface area contributed by atoms with Crippen LogP contribution in [0.5, 0.6) is 0 Å². The Bertz CT molecular complexity index is 449. The predicted molar refractivity (Wildman–Crippen MR) is 82.0 cm³/mol. The van der Waals surface area contributed by atoms with Crippen LogP contribution in [0.2, 0.25) is 0 Å². The topological polar surface area (TPSA) is 95.1 Å². The van der Waals surface area contributed by atoms with Gasteiger partial charge in [-0.25, -0.2) is 9.78 Å². The van der Waals surface area contributed by atoms with E-state index >= 15 is 0 Å². The average Bonchev–Trinajstić information content (AvgIpc) is 2.85. The number of imidazole rings is 1. The fourth-order valence-corrected chi connectivity index (χ4v) is 2.69. The lowest BCUT2D eigenvalue weighted by Crippen LogP contribution is -2.43. The number of aliphatic carboxylic acids is 1. The van der Waals surface area contributed by atoms with Crippen molar-refractivity contribution < 1.29 is 14.7 Å². The Morgan fingerprint density at radius 1 is 1.60 bits per heavy atom. The molecular formula is C12H19N3O3S2. The van der Waals surface area contributed by atoms with Crippen molar-refractivity contribution >= 4 is 36.3 Å². The molecule has 0 saturated heterocycles. The number of carbonyl (C=O) groups excluding carboxylic acids is 1. The molecule has 1 aromatic rings. The summed E-state index contributed by atoms with van der Waals surface area (Å²) in [5.41, 5.74) is 0.988. The molecule has 0 fully saturated rings. The number of H-pyrrole nitrogens is 1. The van der Waals surface area contributed by atoms with Gasteiger partial charge in [0.2, 0.25) is 5.91 Å². The summed E-state index contributed by atoms with van der Waals surface area (Å²) in [4.78, 5) is 29.6. The van der Waals surface area contributed by atoms with Gasteiger partial charge in [-0.2, -0.15) is 12.6 Å². The number of carboxylic acids is 1. The molecule has 1 atom stereocenters. The molecule has 1 aromatic heterocycles. The van der Waals surface area contributed by atoms with Crippen LogP contribution in [-0.2, 0) is 15.3 Å². The number of nitrogens with one attached hydrogen (secondary N) is 2. The van der Waals surface area contributed by atoms with Gasteiger partial charge in [-0.3, -0.25) is 4.79 Å². The van der Waals surface area contributed by atoms with E-state index < -0.39 is 12.0 Å². The van der Waals surface area contributed by atoms with Crippen molar-refractivity contribution in [1.82, 2.24) is 15.3 Å². The highest BCUT2D eigenvalue weighted by molar-refractivity contribution is 7.99. The predicted octanol–water partition coefficient (Wildman–Crippen LogP) is 1.31. The highest BCUT2D eigenvalue weighted by atomic mass is 32.2. The number of thiol groups is 1. The van der Waals surface area contributed by atoms with E-state index in [1.807, 2.05) is 13.8 Å². The first kappa shape index (κ1) is 16.9. The number of carboxylic acid groups (broad SMARTS) is 1. The number of amides is 1. The van der Waals surface area contributed by atoms with E-state index in [1.165, 1.54) is 0 Å². The SMILES string of the molecule is CC(C)(CC(=O)N[C@@H](CS)C(=O)O)SCc1cnc[nH]1. The van der Waals surface area contributed by atoms with Crippen LogP contribution in [-0.4, -0.2) is 43.5 Å². The molecule has 1 amide bonds. The van der Waals surface area contributed by atoms with E-state index in [0.29, 0.717) is 0 Å². The van der Waals surface area contributed by atoms with Gasteiger partial charge in [0.05, 0.1) is 6.33 Å². The quantitative estimate of drug-likeness (QED) is 0.542. The molecule has 0 bridgehead atoms. The first-order valence-electron chi connectivity index (χ1n) is 6.08. The number of thioether (sulfide) groups is 1. The monoisotopic (exact) mass is 317 g/mol. The molecule has 0 saturated carbocycles. The molecule has 0 radical (unpaired) electrons. The van der Waals surface area contributed by atoms with Gasteiger partial charge in [0.15, 0.2) is 0 Å². The zero-order valence-corrected chi connectivity index (χ0v) is 13.1. The van der Waals surface area contributed by atoms with Gasteiger partial charge in [-0.05, 0) is 0 Å². The minimum atomic E-state index is -1.07. The molecule has 0 aliphatic heterocycles. The Hall–Kier alpha value is -1.15. The van der Waals surface area contributed by atoms with E-state index in [1.54, 1.807) is 24.3 Å².